The largest absolute Gasteiger partial charge is 0.403 e. The van der Waals surface area contributed by atoms with Crippen LogP contribution in [0.2, 0.25) is 0 Å². The number of aryl methyl sites for hydroxylation is 1. The smallest absolute Gasteiger partial charge is 0.130 e. The first-order valence-electron chi connectivity index (χ1n) is 7.48. The van der Waals surface area contributed by atoms with Gasteiger partial charge in [-0.3, -0.25) is 4.99 Å². The van der Waals surface area contributed by atoms with Crippen LogP contribution in [0, 0.1) is 6.92 Å². The number of benzene rings is 1. The molecule has 2 aromatic rings. The van der Waals surface area contributed by atoms with Gasteiger partial charge < -0.3 is 16.8 Å². The summed E-state index contributed by atoms with van der Waals surface area (Å²) in [5, 5.41) is 3.25. The number of anilines is 1. The van der Waals surface area contributed by atoms with Gasteiger partial charge >= 0.3 is 0 Å². The second-order valence-corrected chi connectivity index (χ2v) is 6.00. The first-order valence-corrected chi connectivity index (χ1v) is 8.70. The van der Waals surface area contributed by atoms with E-state index in [1.165, 1.54) is 6.20 Å². The molecule has 0 aliphatic heterocycles. The predicted octanol–water partition coefficient (Wildman–Crippen LogP) is 3.07. The second kappa shape index (κ2) is 8.35. The minimum absolute atomic E-state index is 0.644. The van der Waals surface area contributed by atoms with Gasteiger partial charge in [0.1, 0.15) is 11.6 Å². The predicted molar refractivity (Wildman–Crippen MR) is 103 cm³/mol. The fraction of sp³-hybridized carbons (Fsp3) is 0.235. The van der Waals surface area contributed by atoms with E-state index in [0.29, 0.717) is 24.5 Å². The summed E-state index contributed by atoms with van der Waals surface area (Å²) < 4.78 is 0. The second-order valence-electron chi connectivity index (χ2n) is 5.15. The first-order chi connectivity index (χ1) is 11.6. The quantitative estimate of drug-likeness (QED) is 0.528. The number of thioether (sulfide) groups is 1. The number of nitrogens with one attached hydrogen (secondary N) is 1. The molecule has 7 heteroatoms. The van der Waals surface area contributed by atoms with E-state index in [0.717, 1.165) is 27.7 Å². The molecule has 1 aromatic heterocycles. The number of hydrogen-bond donors (Lipinski definition) is 3. The number of hydrogen-bond acceptors (Lipinski definition) is 7. The molecule has 0 saturated heterocycles. The Morgan fingerprint density at radius 3 is 2.83 bits per heavy atom. The Hall–Kier alpha value is -2.54. The molecular formula is C17H22N6S. The molecule has 0 unspecified atom stereocenters. The Balaban J connectivity index is 2.26. The lowest BCUT2D eigenvalue weighted by molar-refractivity contribution is 0.951. The Labute approximate surface area is 146 Å². The molecule has 0 aliphatic carbocycles. The number of nitrogens with two attached hydrogens (primary N) is 2. The highest BCUT2D eigenvalue weighted by Crippen LogP contribution is 2.32. The summed E-state index contributed by atoms with van der Waals surface area (Å²) in [6, 6.07) is 7.93. The van der Waals surface area contributed by atoms with Crippen molar-refractivity contribution in [2.45, 2.75) is 18.2 Å². The van der Waals surface area contributed by atoms with E-state index in [9.17, 15) is 0 Å². The van der Waals surface area contributed by atoms with Crippen LogP contribution in [-0.4, -0.2) is 29.5 Å². The highest BCUT2D eigenvalue weighted by Gasteiger charge is 2.08. The van der Waals surface area contributed by atoms with Crippen molar-refractivity contribution in [2.75, 3.05) is 18.1 Å². The van der Waals surface area contributed by atoms with Crippen LogP contribution in [-0.2, 0) is 0 Å². The third-order valence-electron chi connectivity index (χ3n) is 3.42. The third kappa shape index (κ3) is 4.48. The van der Waals surface area contributed by atoms with Crippen molar-refractivity contribution < 1.29 is 0 Å². The number of aromatic nitrogens is 2. The maximum absolute atomic E-state index is 5.69. The van der Waals surface area contributed by atoms with Gasteiger partial charge in [0.2, 0.25) is 0 Å². The molecule has 0 bridgehead atoms. The Morgan fingerprint density at radius 2 is 2.17 bits per heavy atom. The van der Waals surface area contributed by atoms with Gasteiger partial charge in [-0.2, -0.15) is 0 Å². The molecule has 0 radical (unpaired) electrons. The van der Waals surface area contributed by atoms with E-state index in [-0.39, 0.29) is 0 Å². The van der Waals surface area contributed by atoms with E-state index < -0.39 is 0 Å². The molecular weight excluding hydrogens is 320 g/mol. The van der Waals surface area contributed by atoms with Crippen LogP contribution < -0.4 is 16.8 Å². The highest BCUT2D eigenvalue weighted by atomic mass is 32.2. The monoisotopic (exact) mass is 342 g/mol. The number of nitrogens with zero attached hydrogens (tertiary/aromatic N) is 3. The molecule has 126 valence electrons. The normalized spacial score (nSPS) is 11.3. The molecule has 0 saturated carbocycles. The van der Waals surface area contributed by atoms with Gasteiger partial charge in [-0.15, -0.1) is 11.8 Å². The average Bonchev–Trinajstić information content (AvgIpc) is 2.60. The lowest BCUT2D eigenvalue weighted by Gasteiger charge is -2.10. The minimum atomic E-state index is 0.644. The van der Waals surface area contributed by atoms with Gasteiger partial charge in [-0.25, -0.2) is 9.97 Å². The average molecular weight is 342 g/mol. The molecule has 0 amide bonds. The van der Waals surface area contributed by atoms with Crippen molar-refractivity contribution in [1.82, 2.24) is 9.97 Å². The van der Waals surface area contributed by atoms with Crippen molar-refractivity contribution in [3.63, 3.8) is 0 Å². The van der Waals surface area contributed by atoms with E-state index >= 15 is 0 Å². The van der Waals surface area contributed by atoms with Crippen molar-refractivity contribution in [3.05, 3.63) is 42.0 Å². The van der Waals surface area contributed by atoms with Gasteiger partial charge in [0.05, 0.1) is 11.4 Å². The summed E-state index contributed by atoms with van der Waals surface area (Å²) in [6.07, 6.45) is 4.09. The zero-order chi connectivity index (χ0) is 17.5. The van der Waals surface area contributed by atoms with Crippen molar-refractivity contribution in [1.29, 1.82) is 0 Å². The van der Waals surface area contributed by atoms with Crippen LogP contribution in [0.3, 0.4) is 0 Å². The standard InChI is InChI=1S/C17H22N6S/c1-11-22-15(9-17(23-11)21-7-6-13(19)10-18)12-4-5-14(20-2)16(8-12)24-3/h4-5,8-10H,2,6-7,18-19H2,1,3H3,(H,21,22,23)/b13-10-. The Bertz CT molecular complexity index is 757. The molecule has 24 heavy (non-hydrogen) atoms. The van der Waals surface area contributed by atoms with Gasteiger partial charge in [-0.1, -0.05) is 6.07 Å². The lowest BCUT2D eigenvalue weighted by atomic mass is 10.1. The van der Waals surface area contributed by atoms with Gasteiger partial charge in [0.25, 0.3) is 0 Å². The molecule has 0 fully saturated rings. The summed E-state index contributed by atoms with van der Waals surface area (Å²) in [4.78, 5) is 14.0. The molecule has 0 spiro atoms. The fourth-order valence-electron chi connectivity index (χ4n) is 2.19. The molecule has 1 heterocycles. The molecule has 6 nitrogen and oxygen atoms in total. The maximum atomic E-state index is 5.69. The van der Waals surface area contributed by atoms with Crippen LogP contribution >= 0.6 is 11.8 Å². The van der Waals surface area contributed by atoms with Crippen LogP contribution in [0.15, 0.2) is 46.1 Å². The van der Waals surface area contributed by atoms with Gasteiger partial charge in [0.15, 0.2) is 0 Å². The van der Waals surface area contributed by atoms with Crippen molar-refractivity contribution in [2.24, 2.45) is 16.5 Å². The Kier molecular flexibility index (Phi) is 6.20. The molecule has 5 N–H and O–H groups in total. The summed E-state index contributed by atoms with van der Waals surface area (Å²) in [5.41, 5.74) is 14.5. The molecule has 0 aliphatic rings. The highest BCUT2D eigenvalue weighted by molar-refractivity contribution is 7.98. The van der Waals surface area contributed by atoms with Crippen LogP contribution in [0.25, 0.3) is 11.3 Å². The number of aliphatic imine (C=N–C) groups is 1. The summed E-state index contributed by atoms with van der Waals surface area (Å²) in [6.45, 7) is 6.13. The molecule has 1 aromatic carbocycles. The topological polar surface area (TPSA) is 102 Å². The van der Waals surface area contributed by atoms with E-state index in [1.807, 2.05) is 31.4 Å². The van der Waals surface area contributed by atoms with Crippen LogP contribution in [0.1, 0.15) is 12.2 Å². The molecule has 2 rings (SSSR count). The van der Waals surface area contributed by atoms with Gasteiger partial charge in [-0.05, 0) is 32.0 Å². The minimum Gasteiger partial charge on any atom is -0.403 e. The Morgan fingerprint density at radius 1 is 1.38 bits per heavy atom. The zero-order valence-electron chi connectivity index (χ0n) is 13.9. The van der Waals surface area contributed by atoms with E-state index in [2.05, 4.69) is 33.1 Å². The summed E-state index contributed by atoms with van der Waals surface area (Å²) in [7, 11) is 0. The van der Waals surface area contributed by atoms with E-state index in [1.54, 1.807) is 11.8 Å². The maximum Gasteiger partial charge on any atom is 0.130 e. The molecule has 0 atom stereocenters. The third-order valence-corrected chi connectivity index (χ3v) is 4.18. The summed E-state index contributed by atoms with van der Waals surface area (Å²) >= 11 is 1.63. The zero-order valence-corrected chi connectivity index (χ0v) is 14.7. The number of rotatable bonds is 7. The van der Waals surface area contributed by atoms with Gasteiger partial charge in [0, 0.05) is 41.4 Å². The van der Waals surface area contributed by atoms with Crippen molar-refractivity contribution >= 4 is 30.0 Å². The fourth-order valence-corrected chi connectivity index (χ4v) is 2.78. The summed E-state index contributed by atoms with van der Waals surface area (Å²) in [5.74, 6) is 1.47. The lowest BCUT2D eigenvalue weighted by Crippen LogP contribution is -2.10. The SMILES string of the molecule is C=Nc1ccc(-c2cc(NCC/C(N)=C/N)nc(C)n2)cc1SC. The van der Waals surface area contributed by atoms with Crippen molar-refractivity contribution in [3.8, 4) is 11.3 Å². The first kappa shape index (κ1) is 17.8. The van der Waals surface area contributed by atoms with E-state index in [4.69, 9.17) is 11.5 Å². The van der Waals surface area contributed by atoms with Crippen LogP contribution in [0.4, 0.5) is 11.5 Å². The van der Waals surface area contributed by atoms with Crippen LogP contribution in [0.5, 0.6) is 0 Å².